The Hall–Kier alpha value is -1.36. The second-order valence-corrected chi connectivity index (χ2v) is 3.38. The van der Waals surface area contributed by atoms with Gasteiger partial charge >= 0.3 is 5.97 Å². The summed E-state index contributed by atoms with van der Waals surface area (Å²) >= 11 is 1.34. The van der Waals surface area contributed by atoms with Crippen molar-refractivity contribution in [2.24, 2.45) is 5.16 Å². The van der Waals surface area contributed by atoms with Crippen molar-refractivity contribution in [2.45, 2.75) is 6.42 Å². The predicted molar refractivity (Wildman–Crippen MR) is 47.7 cm³/mol. The van der Waals surface area contributed by atoms with E-state index in [0.717, 1.165) is 0 Å². The van der Waals surface area contributed by atoms with E-state index >= 15 is 0 Å². The van der Waals surface area contributed by atoms with Gasteiger partial charge in [-0.2, -0.15) is 0 Å². The third-order valence-corrected chi connectivity index (χ3v) is 2.36. The van der Waals surface area contributed by atoms with E-state index in [1.807, 2.05) is 5.38 Å². The summed E-state index contributed by atoms with van der Waals surface area (Å²) in [6.07, 6.45) is 0.567. The van der Waals surface area contributed by atoms with Crippen LogP contribution in [-0.2, 0) is 9.57 Å². The summed E-state index contributed by atoms with van der Waals surface area (Å²) in [5.41, 5.74) is 0. The summed E-state index contributed by atoms with van der Waals surface area (Å²) in [5, 5.41) is 5.39. The molecular formula is C8H7NO3S. The van der Waals surface area contributed by atoms with E-state index in [4.69, 9.17) is 4.74 Å². The number of hydrogen-bond donors (Lipinski definition) is 0. The van der Waals surface area contributed by atoms with Gasteiger partial charge in [-0.05, 0) is 11.4 Å². The molecule has 68 valence electrons. The Balaban J connectivity index is 1.99. The van der Waals surface area contributed by atoms with Gasteiger partial charge in [-0.3, -0.25) is 0 Å². The van der Waals surface area contributed by atoms with Crippen molar-refractivity contribution in [3.63, 3.8) is 0 Å². The van der Waals surface area contributed by atoms with Gasteiger partial charge in [0.25, 0.3) is 0 Å². The molecule has 1 aromatic rings. The molecule has 0 saturated carbocycles. The maximum Gasteiger partial charge on any atom is 0.354 e. The zero-order chi connectivity index (χ0) is 9.10. The van der Waals surface area contributed by atoms with Crippen LogP contribution in [-0.4, -0.2) is 18.5 Å². The fraction of sp³-hybridized carbons (Fsp3) is 0.250. The molecule has 0 unspecified atom stereocenters. The van der Waals surface area contributed by atoms with Crippen molar-refractivity contribution in [1.29, 1.82) is 0 Å². The number of thiophene rings is 1. The van der Waals surface area contributed by atoms with Crippen LogP contribution in [0.1, 0.15) is 16.1 Å². The van der Waals surface area contributed by atoms with Gasteiger partial charge in [0.2, 0.25) is 5.90 Å². The van der Waals surface area contributed by atoms with Crippen LogP contribution in [0.3, 0.4) is 0 Å². The highest BCUT2D eigenvalue weighted by molar-refractivity contribution is 7.12. The molecule has 2 rings (SSSR count). The molecule has 13 heavy (non-hydrogen) atoms. The van der Waals surface area contributed by atoms with Crippen LogP contribution >= 0.6 is 11.3 Å². The topological polar surface area (TPSA) is 47.9 Å². The lowest BCUT2D eigenvalue weighted by Crippen LogP contribution is -2.09. The molecule has 0 N–H and O–H groups in total. The zero-order valence-electron chi connectivity index (χ0n) is 6.73. The molecule has 1 aliphatic rings. The molecule has 0 fully saturated rings. The predicted octanol–water partition coefficient (Wildman–Crippen LogP) is 1.64. The quantitative estimate of drug-likeness (QED) is 0.643. The van der Waals surface area contributed by atoms with E-state index in [1.54, 1.807) is 12.1 Å². The van der Waals surface area contributed by atoms with Gasteiger partial charge in [0.1, 0.15) is 11.5 Å². The van der Waals surface area contributed by atoms with Gasteiger partial charge in [0.05, 0.1) is 6.42 Å². The van der Waals surface area contributed by atoms with Crippen molar-refractivity contribution >= 4 is 23.2 Å². The number of rotatable bonds is 1. The minimum Gasteiger partial charge on any atom is -0.404 e. The van der Waals surface area contributed by atoms with Crippen LogP contribution in [0.15, 0.2) is 22.7 Å². The lowest BCUT2D eigenvalue weighted by atomic mass is 10.4. The monoisotopic (exact) mass is 197 g/mol. The standard InChI is InChI=1S/C8H7NO3S/c10-8(6-2-1-5-13-6)12-7-3-4-11-9-7/h1-2,5H,3-4H2. The molecule has 1 aromatic heterocycles. The van der Waals surface area contributed by atoms with Gasteiger partial charge < -0.3 is 9.57 Å². The molecule has 4 nitrogen and oxygen atoms in total. The number of esters is 1. The third kappa shape index (κ3) is 1.86. The summed E-state index contributed by atoms with van der Waals surface area (Å²) in [7, 11) is 0. The Bertz CT molecular complexity index is 331. The van der Waals surface area contributed by atoms with E-state index in [0.29, 0.717) is 23.8 Å². The number of oxime groups is 1. The molecule has 2 heterocycles. The lowest BCUT2D eigenvalue weighted by Gasteiger charge is -1.97. The summed E-state index contributed by atoms with van der Waals surface area (Å²) in [5.74, 6) is -0.00218. The Morgan fingerprint density at radius 2 is 2.62 bits per heavy atom. The molecule has 0 spiro atoms. The molecule has 0 bridgehead atoms. The number of ether oxygens (including phenoxy) is 1. The molecule has 0 saturated heterocycles. The number of nitrogens with zero attached hydrogens (tertiary/aromatic N) is 1. The fourth-order valence-electron chi connectivity index (χ4n) is 0.918. The Morgan fingerprint density at radius 3 is 3.23 bits per heavy atom. The van der Waals surface area contributed by atoms with Crippen LogP contribution in [0, 0.1) is 0 Å². The first kappa shape index (κ1) is 8.25. The van der Waals surface area contributed by atoms with Crippen molar-refractivity contribution in [3.8, 4) is 0 Å². The van der Waals surface area contributed by atoms with Crippen LogP contribution in [0.4, 0.5) is 0 Å². The second kappa shape index (κ2) is 3.57. The van der Waals surface area contributed by atoms with Crippen molar-refractivity contribution in [2.75, 3.05) is 6.61 Å². The summed E-state index contributed by atoms with van der Waals surface area (Å²) in [6.45, 7) is 0.493. The molecule has 5 heteroatoms. The summed E-state index contributed by atoms with van der Waals surface area (Å²) < 4.78 is 4.95. The lowest BCUT2D eigenvalue weighted by molar-refractivity contribution is 0.0715. The van der Waals surface area contributed by atoms with Crippen molar-refractivity contribution in [3.05, 3.63) is 22.4 Å². The largest absolute Gasteiger partial charge is 0.404 e. The van der Waals surface area contributed by atoms with Crippen LogP contribution in [0.5, 0.6) is 0 Å². The molecule has 0 radical (unpaired) electrons. The van der Waals surface area contributed by atoms with Crippen LogP contribution in [0.25, 0.3) is 0 Å². The van der Waals surface area contributed by atoms with E-state index in [2.05, 4.69) is 9.99 Å². The highest BCUT2D eigenvalue weighted by atomic mass is 32.1. The molecular weight excluding hydrogens is 190 g/mol. The minimum absolute atomic E-state index is 0.360. The molecule has 0 amide bonds. The summed E-state index contributed by atoms with van der Waals surface area (Å²) in [6, 6.07) is 3.51. The first-order valence-corrected chi connectivity index (χ1v) is 4.69. The molecule has 0 aromatic carbocycles. The van der Waals surface area contributed by atoms with E-state index in [-0.39, 0.29) is 5.97 Å². The summed E-state index contributed by atoms with van der Waals surface area (Å²) in [4.78, 5) is 16.6. The maximum atomic E-state index is 11.3. The number of carbonyl (C=O) groups is 1. The van der Waals surface area contributed by atoms with Gasteiger partial charge in [0, 0.05) is 0 Å². The minimum atomic E-state index is -0.362. The number of hydrogen-bond acceptors (Lipinski definition) is 5. The van der Waals surface area contributed by atoms with E-state index in [1.165, 1.54) is 11.3 Å². The Labute approximate surface area is 78.8 Å². The highest BCUT2D eigenvalue weighted by Crippen LogP contribution is 2.11. The first-order valence-electron chi connectivity index (χ1n) is 3.81. The second-order valence-electron chi connectivity index (χ2n) is 2.44. The normalized spacial score (nSPS) is 14.9. The van der Waals surface area contributed by atoms with Gasteiger partial charge in [-0.1, -0.05) is 11.2 Å². The zero-order valence-corrected chi connectivity index (χ0v) is 7.54. The Morgan fingerprint density at radius 1 is 1.69 bits per heavy atom. The van der Waals surface area contributed by atoms with E-state index < -0.39 is 0 Å². The van der Waals surface area contributed by atoms with Crippen LogP contribution < -0.4 is 0 Å². The third-order valence-electron chi connectivity index (χ3n) is 1.51. The SMILES string of the molecule is O=C(OC1=NOCC1)c1cccs1. The molecule has 0 atom stereocenters. The van der Waals surface area contributed by atoms with Gasteiger partial charge in [-0.15, -0.1) is 11.3 Å². The average molecular weight is 197 g/mol. The molecule has 1 aliphatic heterocycles. The van der Waals surface area contributed by atoms with Crippen molar-refractivity contribution < 1.29 is 14.4 Å². The van der Waals surface area contributed by atoms with E-state index in [9.17, 15) is 4.79 Å². The molecule has 0 aliphatic carbocycles. The van der Waals surface area contributed by atoms with Crippen LogP contribution in [0.2, 0.25) is 0 Å². The van der Waals surface area contributed by atoms with Gasteiger partial charge in [-0.25, -0.2) is 4.79 Å². The van der Waals surface area contributed by atoms with Gasteiger partial charge in [0.15, 0.2) is 0 Å². The highest BCUT2D eigenvalue weighted by Gasteiger charge is 2.15. The smallest absolute Gasteiger partial charge is 0.354 e. The van der Waals surface area contributed by atoms with Crippen molar-refractivity contribution in [1.82, 2.24) is 0 Å². The first-order chi connectivity index (χ1) is 6.36. The Kier molecular flexibility index (Phi) is 2.27. The number of carbonyl (C=O) groups excluding carboxylic acids is 1. The maximum absolute atomic E-state index is 11.3. The fourth-order valence-corrected chi connectivity index (χ4v) is 1.52. The average Bonchev–Trinajstić information content (AvgIpc) is 2.74.